The van der Waals surface area contributed by atoms with Crippen LogP contribution in [0.2, 0.25) is 0 Å². The minimum atomic E-state index is -0.398. The zero-order valence-corrected chi connectivity index (χ0v) is 24.7. The van der Waals surface area contributed by atoms with E-state index in [9.17, 15) is 14.4 Å². The molecule has 224 valence electrons. The van der Waals surface area contributed by atoms with Crippen molar-refractivity contribution >= 4 is 41.0 Å². The highest BCUT2D eigenvalue weighted by Gasteiger charge is 2.21. The largest absolute Gasteiger partial charge is 0.387 e. The van der Waals surface area contributed by atoms with E-state index in [-0.39, 0.29) is 37.1 Å². The van der Waals surface area contributed by atoms with Gasteiger partial charge in [0.05, 0.1) is 17.6 Å². The third-order valence-electron chi connectivity index (χ3n) is 6.98. The normalized spacial score (nSPS) is 13.1. The standard InChI is InChI=1S/C33H39N7O3/c1-3-12-40(13-4-2)33(43)26-15-24-10-11-25(16-29(24)39-30(35)17-26)32(42)38-27-14-22(19-36-21-27)20-37-31(41)18-28(34)23-8-6-5-7-9-23/h5-11,14-16,19,21,28H,3-4,12-13,17-18,20,34H2,1-2H3,(H2,35,39)(H,37,41)(H,38,42). The molecule has 43 heavy (non-hydrogen) atoms. The molecule has 0 saturated heterocycles. The van der Waals surface area contributed by atoms with Gasteiger partial charge in [-0.15, -0.1) is 0 Å². The number of aromatic nitrogens is 1. The summed E-state index contributed by atoms with van der Waals surface area (Å²) >= 11 is 0. The van der Waals surface area contributed by atoms with Gasteiger partial charge >= 0.3 is 0 Å². The lowest BCUT2D eigenvalue weighted by molar-refractivity contribution is -0.127. The van der Waals surface area contributed by atoms with Crippen molar-refractivity contribution in [1.29, 1.82) is 0 Å². The molecule has 1 aliphatic heterocycles. The molecule has 0 aliphatic carbocycles. The van der Waals surface area contributed by atoms with E-state index in [4.69, 9.17) is 11.5 Å². The number of hydrogen-bond donors (Lipinski definition) is 4. The van der Waals surface area contributed by atoms with Crippen molar-refractivity contribution in [3.05, 3.63) is 94.8 Å². The van der Waals surface area contributed by atoms with Crippen LogP contribution < -0.4 is 22.1 Å². The monoisotopic (exact) mass is 581 g/mol. The fraction of sp³-hybridized carbons (Fsp3) is 0.303. The van der Waals surface area contributed by atoms with Crippen LogP contribution in [0.15, 0.2) is 77.6 Å². The summed E-state index contributed by atoms with van der Waals surface area (Å²) in [5.74, 6) is -0.264. The Kier molecular flexibility index (Phi) is 10.8. The molecule has 4 rings (SSSR count). The minimum absolute atomic E-state index is 0.0425. The number of amidine groups is 1. The van der Waals surface area contributed by atoms with Crippen LogP contribution in [0.4, 0.5) is 11.4 Å². The molecule has 1 aromatic heterocycles. The Labute approximate surface area is 252 Å². The maximum Gasteiger partial charge on any atom is 0.255 e. The number of rotatable bonds is 12. The highest BCUT2D eigenvalue weighted by Crippen LogP contribution is 2.29. The fourth-order valence-corrected chi connectivity index (χ4v) is 4.87. The van der Waals surface area contributed by atoms with E-state index >= 15 is 0 Å². The number of nitrogens with two attached hydrogens (primary N) is 2. The number of anilines is 1. The van der Waals surface area contributed by atoms with Crippen molar-refractivity contribution in [2.24, 2.45) is 16.5 Å². The summed E-state index contributed by atoms with van der Waals surface area (Å²) in [6.07, 6.45) is 7.11. The number of amides is 3. The highest BCUT2D eigenvalue weighted by atomic mass is 16.2. The lowest BCUT2D eigenvalue weighted by Gasteiger charge is -2.22. The molecular weight excluding hydrogens is 542 g/mol. The first-order valence-corrected chi connectivity index (χ1v) is 14.6. The van der Waals surface area contributed by atoms with Gasteiger partial charge in [0.25, 0.3) is 5.91 Å². The Morgan fingerprint density at radius 2 is 1.74 bits per heavy atom. The molecule has 1 unspecified atom stereocenters. The molecule has 10 heteroatoms. The number of hydrogen-bond acceptors (Lipinski definition) is 7. The van der Waals surface area contributed by atoms with Gasteiger partial charge in [0.15, 0.2) is 0 Å². The number of nitrogens with zero attached hydrogens (tertiary/aromatic N) is 3. The SMILES string of the molecule is CCCN(CCC)C(=O)C1=Cc2ccc(C(=O)Nc3cncc(CNC(=O)CC(N)c4ccccc4)c3)cc2N=C(N)C1. The van der Waals surface area contributed by atoms with Gasteiger partial charge in [0, 0.05) is 61.4 Å². The van der Waals surface area contributed by atoms with Crippen molar-refractivity contribution in [2.75, 3.05) is 18.4 Å². The number of carbonyl (C=O) groups excluding carboxylic acids is 3. The summed E-state index contributed by atoms with van der Waals surface area (Å²) in [7, 11) is 0. The summed E-state index contributed by atoms with van der Waals surface area (Å²) in [6.45, 7) is 5.69. The maximum atomic E-state index is 13.2. The van der Waals surface area contributed by atoms with Gasteiger partial charge in [-0.1, -0.05) is 50.2 Å². The van der Waals surface area contributed by atoms with Gasteiger partial charge < -0.3 is 27.0 Å². The Bertz CT molecular complexity index is 1510. The topological polar surface area (TPSA) is 156 Å². The molecule has 6 N–H and O–H groups in total. The molecule has 1 atom stereocenters. The molecule has 2 aromatic carbocycles. The molecule has 0 radical (unpaired) electrons. The zero-order valence-electron chi connectivity index (χ0n) is 24.7. The lowest BCUT2D eigenvalue weighted by Crippen LogP contribution is -2.34. The van der Waals surface area contributed by atoms with Crippen LogP contribution in [0.5, 0.6) is 0 Å². The van der Waals surface area contributed by atoms with E-state index in [2.05, 4.69) is 20.6 Å². The molecular formula is C33H39N7O3. The van der Waals surface area contributed by atoms with E-state index in [1.165, 1.54) is 6.20 Å². The van der Waals surface area contributed by atoms with Crippen LogP contribution in [0.3, 0.4) is 0 Å². The summed E-state index contributed by atoms with van der Waals surface area (Å²) in [4.78, 5) is 49.3. The van der Waals surface area contributed by atoms with Gasteiger partial charge in [-0.2, -0.15) is 0 Å². The number of nitrogens with one attached hydrogen (secondary N) is 2. The smallest absolute Gasteiger partial charge is 0.255 e. The predicted molar refractivity (Wildman–Crippen MR) is 170 cm³/mol. The molecule has 3 amide bonds. The highest BCUT2D eigenvalue weighted by molar-refractivity contribution is 6.07. The second kappa shape index (κ2) is 14.9. The predicted octanol–water partition coefficient (Wildman–Crippen LogP) is 4.46. The number of aliphatic imine (C=N–C) groups is 1. The molecule has 0 saturated carbocycles. The average molecular weight is 582 g/mol. The van der Waals surface area contributed by atoms with E-state index in [1.54, 1.807) is 30.5 Å². The first-order valence-electron chi connectivity index (χ1n) is 14.6. The summed E-state index contributed by atoms with van der Waals surface area (Å²) in [5, 5.41) is 5.71. The minimum Gasteiger partial charge on any atom is -0.387 e. The quantitative estimate of drug-likeness (QED) is 0.247. The molecule has 10 nitrogen and oxygen atoms in total. The van der Waals surface area contributed by atoms with Crippen LogP contribution >= 0.6 is 0 Å². The van der Waals surface area contributed by atoms with Crippen molar-refractivity contribution in [3.8, 4) is 0 Å². The number of pyridine rings is 1. The fourth-order valence-electron chi connectivity index (χ4n) is 4.87. The Morgan fingerprint density at radius 1 is 1.00 bits per heavy atom. The second-order valence-electron chi connectivity index (χ2n) is 10.5. The van der Waals surface area contributed by atoms with Crippen molar-refractivity contribution in [3.63, 3.8) is 0 Å². The summed E-state index contributed by atoms with van der Waals surface area (Å²) < 4.78 is 0. The molecule has 0 fully saturated rings. The molecule has 0 bridgehead atoms. The molecule has 0 spiro atoms. The van der Waals surface area contributed by atoms with Gasteiger partial charge in [-0.3, -0.25) is 19.4 Å². The first-order chi connectivity index (χ1) is 20.8. The lowest BCUT2D eigenvalue weighted by atomic mass is 10.0. The van der Waals surface area contributed by atoms with Crippen LogP contribution in [0.25, 0.3) is 6.08 Å². The third kappa shape index (κ3) is 8.59. The Hall–Kier alpha value is -4.83. The van der Waals surface area contributed by atoms with Crippen molar-refractivity contribution in [2.45, 2.75) is 52.1 Å². The maximum absolute atomic E-state index is 13.2. The van der Waals surface area contributed by atoms with Gasteiger partial charge in [0.2, 0.25) is 11.8 Å². The molecule has 1 aliphatic rings. The van der Waals surface area contributed by atoms with Gasteiger partial charge in [0.1, 0.15) is 5.84 Å². The number of fused-ring (bicyclic) bond motifs is 1. The van der Waals surface area contributed by atoms with Crippen LogP contribution in [0, 0.1) is 0 Å². The molecule has 2 heterocycles. The van der Waals surface area contributed by atoms with E-state index in [0.717, 1.165) is 29.5 Å². The second-order valence-corrected chi connectivity index (χ2v) is 10.5. The van der Waals surface area contributed by atoms with E-state index in [0.29, 0.717) is 41.4 Å². The first kappa shape index (κ1) is 31.1. The van der Waals surface area contributed by atoms with Crippen LogP contribution in [0.1, 0.15) is 72.6 Å². The summed E-state index contributed by atoms with van der Waals surface area (Å²) in [6, 6.07) is 15.9. The van der Waals surface area contributed by atoms with Crippen LogP contribution in [-0.2, 0) is 16.1 Å². The average Bonchev–Trinajstić information content (AvgIpc) is 3.17. The number of carbonyl (C=O) groups is 3. The van der Waals surface area contributed by atoms with Crippen LogP contribution in [-0.4, -0.2) is 46.5 Å². The van der Waals surface area contributed by atoms with Crippen molar-refractivity contribution < 1.29 is 14.4 Å². The number of benzene rings is 2. The zero-order chi connectivity index (χ0) is 30.8. The summed E-state index contributed by atoms with van der Waals surface area (Å²) in [5.41, 5.74) is 16.7. The Morgan fingerprint density at radius 3 is 2.47 bits per heavy atom. The van der Waals surface area contributed by atoms with Crippen molar-refractivity contribution in [1.82, 2.24) is 15.2 Å². The van der Waals surface area contributed by atoms with Gasteiger partial charge in [-0.25, -0.2) is 4.99 Å². The van der Waals surface area contributed by atoms with Gasteiger partial charge in [-0.05, 0) is 48.2 Å². The Balaban J connectivity index is 1.40. The third-order valence-corrected chi connectivity index (χ3v) is 6.98. The van der Waals surface area contributed by atoms with E-state index in [1.807, 2.05) is 55.2 Å². The van der Waals surface area contributed by atoms with E-state index < -0.39 is 6.04 Å². The molecule has 3 aromatic rings.